The zero-order valence-corrected chi connectivity index (χ0v) is 13.3. The highest BCUT2D eigenvalue weighted by molar-refractivity contribution is 9.10. The van der Waals surface area contributed by atoms with Crippen LogP contribution in [0.1, 0.15) is 0 Å². The molecule has 0 aliphatic heterocycles. The van der Waals surface area contributed by atoms with Crippen LogP contribution in [0.3, 0.4) is 0 Å². The molecular weight excluding hydrogens is 362 g/mol. The van der Waals surface area contributed by atoms with Crippen molar-refractivity contribution < 1.29 is 13.6 Å². The molecule has 0 aliphatic carbocycles. The molecule has 110 valence electrons. The molecule has 2 N–H and O–H groups in total. The number of hydrogen-bond acceptors (Lipinski definition) is 2. The Kier molecular flexibility index (Phi) is 5.19. The fourth-order valence-electron chi connectivity index (χ4n) is 1.64. The van der Waals surface area contributed by atoms with Gasteiger partial charge in [0.1, 0.15) is 5.82 Å². The van der Waals surface area contributed by atoms with Gasteiger partial charge in [0.25, 0.3) is 0 Å². The maximum Gasteiger partial charge on any atom is 0.323 e. The number of rotatable bonds is 3. The van der Waals surface area contributed by atoms with Crippen LogP contribution in [0.15, 0.2) is 45.8 Å². The van der Waals surface area contributed by atoms with E-state index in [1.165, 1.54) is 11.8 Å². The molecule has 0 atom stereocenters. The molecule has 2 aromatic carbocycles. The number of anilines is 2. The number of nitrogens with one attached hydrogen (secondary N) is 2. The number of thioether (sulfide) groups is 1. The lowest BCUT2D eigenvalue weighted by molar-refractivity contribution is 0.262. The van der Waals surface area contributed by atoms with Crippen molar-refractivity contribution in [1.82, 2.24) is 0 Å². The molecule has 0 spiro atoms. The molecule has 0 heterocycles. The fraction of sp³-hybridized carbons (Fsp3) is 0.0714. The molecule has 0 aromatic heterocycles. The van der Waals surface area contributed by atoms with Gasteiger partial charge in [-0.1, -0.05) is 6.07 Å². The van der Waals surface area contributed by atoms with E-state index in [1.54, 1.807) is 18.2 Å². The largest absolute Gasteiger partial charge is 0.323 e. The second kappa shape index (κ2) is 6.91. The summed E-state index contributed by atoms with van der Waals surface area (Å²) in [5.74, 6) is -1.58. The zero-order chi connectivity index (χ0) is 15.4. The van der Waals surface area contributed by atoms with Crippen LogP contribution >= 0.6 is 27.7 Å². The van der Waals surface area contributed by atoms with Crippen molar-refractivity contribution in [2.45, 2.75) is 4.90 Å². The van der Waals surface area contributed by atoms with Gasteiger partial charge in [-0.05, 0) is 46.5 Å². The quantitative estimate of drug-likeness (QED) is 0.736. The standard InChI is InChI=1S/C14H11BrF2N2OS/c1-21-10-4-2-3-9(7-10)18-14(20)19-13-11(15)5-8(16)6-12(13)17/h2-7H,1H3,(H2,18,19,20). The van der Waals surface area contributed by atoms with Crippen molar-refractivity contribution in [1.29, 1.82) is 0 Å². The van der Waals surface area contributed by atoms with Crippen molar-refractivity contribution in [3.05, 3.63) is 52.5 Å². The molecule has 0 bridgehead atoms. The Morgan fingerprint density at radius 3 is 2.62 bits per heavy atom. The van der Waals surface area contributed by atoms with Crippen molar-refractivity contribution in [3.8, 4) is 0 Å². The van der Waals surface area contributed by atoms with Crippen molar-refractivity contribution in [3.63, 3.8) is 0 Å². The number of urea groups is 1. The van der Waals surface area contributed by atoms with Crippen LogP contribution in [0.2, 0.25) is 0 Å². The van der Waals surface area contributed by atoms with E-state index >= 15 is 0 Å². The predicted octanol–water partition coefficient (Wildman–Crippen LogP) is 5.09. The van der Waals surface area contributed by atoms with Gasteiger partial charge in [0.05, 0.1) is 5.69 Å². The normalized spacial score (nSPS) is 10.3. The number of carbonyl (C=O) groups is 1. The summed E-state index contributed by atoms with van der Waals surface area (Å²) >= 11 is 4.55. The van der Waals surface area contributed by atoms with E-state index in [9.17, 15) is 13.6 Å². The number of halogens is 3. The third-order valence-corrected chi connectivity index (χ3v) is 3.92. The highest BCUT2D eigenvalue weighted by atomic mass is 79.9. The summed E-state index contributed by atoms with van der Waals surface area (Å²) in [6, 6.07) is 8.39. The molecule has 21 heavy (non-hydrogen) atoms. The second-order valence-electron chi connectivity index (χ2n) is 4.06. The smallest absolute Gasteiger partial charge is 0.308 e. The summed E-state index contributed by atoms with van der Waals surface area (Å²) in [5, 5.41) is 4.94. The SMILES string of the molecule is CSc1cccc(NC(=O)Nc2c(F)cc(F)cc2Br)c1. The monoisotopic (exact) mass is 372 g/mol. The summed E-state index contributed by atoms with van der Waals surface area (Å²) in [6.45, 7) is 0. The molecule has 3 nitrogen and oxygen atoms in total. The van der Waals surface area contributed by atoms with Crippen LogP contribution < -0.4 is 10.6 Å². The van der Waals surface area contributed by atoms with Crippen LogP contribution in [0.25, 0.3) is 0 Å². The average molecular weight is 373 g/mol. The summed E-state index contributed by atoms with van der Waals surface area (Å²) in [7, 11) is 0. The molecule has 2 rings (SSSR count). The predicted molar refractivity (Wildman–Crippen MR) is 84.9 cm³/mol. The minimum absolute atomic E-state index is 0.116. The van der Waals surface area contributed by atoms with Crippen molar-refractivity contribution >= 4 is 45.1 Å². The van der Waals surface area contributed by atoms with Crippen LogP contribution in [0.4, 0.5) is 25.0 Å². The van der Waals surface area contributed by atoms with Crippen LogP contribution in [-0.4, -0.2) is 12.3 Å². The van der Waals surface area contributed by atoms with Gasteiger partial charge in [0.15, 0.2) is 5.82 Å². The highest BCUT2D eigenvalue weighted by Gasteiger charge is 2.12. The topological polar surface area (TPSA) is 41.1 Å². The van der Waals surface area contributed by atoms with Crippen molar-refractivity contribution in [2.75, 3.05) is 16.9 Å². The highest BCUT2D eigenvalue weighted by Crippen LogP contribution is 2.27. The first-order valence-corrected chi connectivity index (χ1v) is 7.88. The molecule has 0 aliphatic rings. The van der Waals surface area contributed by atoms with E-state index in [2.05, 4.69) is 26.6 Å². The third kappa shape index (κ3) is 4.18. The lowest BCUT2D eigenvalue weighted by Crippen LogP contribution is -2.20. The van der Waals surface area contributed by atoms with E-state index in [-0.39, 0.29) is 10.2 Å². The number of hydrogen-bond donors (Lipinski definition) is 2. The van der Waals surface area contributed by atoms with E-state index in [1.807, 2.05) is 12.3 Å². The lowest BCUT2D eigenvalue weighted by Gasteiger charge is -2.10. The van der Waals surface area contributed by atoms with Crippen molar-refractivity contribution in [2.24, 2.45) is 0 Å². The molecular formula is C14H11BrF2N2OS. The van der Waals surface area contributed by atoms with Gasteiger partial charge >= 0.3 is 6.03 Å². The summed E-state index contributed by atoms with van der Waals surface area (Å²) in [4.78, 5) is 12.8. The molecule has 0 saturated heterocycles. The Morgan fingerprint density at radius 1 is 1.19 bits per heavy atom. The third-order valence-electron chi connectivity index (χ3n) is 2.57. The Bertz CT molecular complexity index is 659. The van der Waals surface area contributed by atoms with Gasteiger partial charge in [0.2, 0.25) is 0 Å². The van der Waals surface area contributed by atoms with Gasteiger partial charge in [-0.3, -0.25) is 0 Å². The van der Waals surface area contributed by atoms with Crippen LogP contribution in [0.5, 0.6) is 0 Å². The van der Waals surface area contributed by atoms with Gasteiger partial charge in [-0.15, -0.1) is 11.8 Å². The molecule has 0 radical (unpaired) electrons. The first kappa shape index (κ1) is 15.8. The number of amides is 2. The molecule has 2 aromatic rings. The Hall–Kier alpha value is -1.60. The molecule has 7 heteroatoms. The average Bonchev–Trinajstić information content (AvgIpc) is 2.43. The lowest BCUT2D eigenvalue weighted by atomic mass is 10.3. The van der Waals surface area contributed by atoms with Crippen LogP contribution in [-0.2, 0) is 0 Å². The van der Waals surface area contributed by atoms with Crippen LogP contribution in [0, 0.1) is 11.6 Å². The Balaban J connectivity index is 2.12. The Morgan fingerprint density at radius 2 is 1.95 bits per heavy atom. The minimum atomic E-state index is -0.852. The van der Waals surface area contributed by atoms with E-state index in [0.717, 1.165) is 11.0 Å². The first-order valence-electron chi connectivity index (χ1n) is 5.86. The molecule has 2 amide bonds. The maximum atomic E-state index is 13.6. The van der Waals surface area contributed by atoms with Gasteiger partial charge in [-0.2, -0.15) is 0 Å². The van der Waals surface area contributed by atoms with Gasteiger partial charge in [0, 0.05) is 21.1 Å². The first-order chi connectivity index (χ1) is 9.99. The summed E-state index contributed by atoms with van der Waals surface area (Å²) in [6.07, 6.45) is 1.92. The van der Waals surface area contributed by atoms with Gasteiger partial charge < -0.3 is 10.6 Å². The zero-order valence-electron chi connectivity index (χ0n) is 10.9. The molecule has 0 fully saturated rings. The van der Waals surface area contributed by atoms with E-state index in [0.29, 0.717) is 11.8 Å². The second-order valence-corrected chi connectivity index (χ2v) is 5.79. The van der Waals surface area contributed by atoms with Gasteiger partial charge in [-0.25, -0.2) is 13.6 Å². The molecule has 0 saturated carbocycles. The number of benzene rings is 2. The van der Waals surface area contributed by atoms with E-state index in [4.69, 9.17) is 0 Å². The molecule has 0 unspecified atom stereocenters. The maximum absolute atomic E-state index is 13.6. The number of carbonyl (C=O) groups excluding carboxylic acids is 1. The van der Waals surface area contributed by atoms with E-state index < -0.39 is 17.7 Å². The summed E-state index contributed by atoms with van der Waals surface area (Å²) < 4.78 is 26.7. The minimum Gasteiger partial charge on any atom is -0.308 e. The fourth-order valence-corrected chi connectivity index (χ4v) is 2.60. The Labute approximate surface area is 133 Å². The summed E-state index contributed by atoms with van der Waals surface area (Å²) in [5.41, 5.74) is 0.466.